The third-order valence-electron chi connectivity index (χ3n) is 5.55. The number of carbonyl (C=O) groups is 3. The summed E-state index contributed by atoms with van der Waals surface area (Å²) in [4.78, 5) is 37.3. The van der Waals surface area contributed by atoms with Crippen LogP contribution in [0.2, 0.25) is 0 Å². The molecule has 0 fully saturated rings. The van der Waals surface area contributed by atoms with Crippen LogP contribution in [0.25, 0.3) is 0 Å². The van der Waals surface area contributed by atoms with Crippen molar-refractivity contribution in [2.75, 3.05) is 28.1 Å². The van der Waals surface area contributed by atoms with Crippen molar-refractivity contribution in [2.24, 2.45) is 5.92 Å². The van der Waals surface area contributed by atoms with Crippen molar-refractivity contribution in [3.8, 4) is 28.7 Å². The van der Waals surface area contributed by atoms with Crippen LogP contribution in [0.3, 0.4) is 0 Å². The van der Waals surface area contributed by atoms with E-state index in [-0.39, 0.29) is 18.8 Å². The number of benzene rings is 2. The number of methoxy groups -OCH3 is 3. The fourth-order valence-electron chi connectivity index (χ4n) is 4.10. The van der Waals surface area contributed by atoms with Gasteiger partial charge in [0, 0.05) is 17.9 Å². The monoisotopic (exact) mass is 486 g/mol. The van der Waals surface area contributed by atoms with E-state index in [2.05, 4.69) is 0 Å². The van der Waals surface area contributed by atoms with Crippen molar-refractivity contribution in [3.63, 3.8) is 0 Å². The molecule has 2 aromatic carbocycles. The largest absolute Gasteiger partial charge is 0.493 e. The lowest BCUT2D eigenvalue weighted by molar-refractivity contribution is -0.161. The first-order valence-electron chi connectivity index (χ1n) is 11.0. The van der Waals surface area contributed by atoms with Crippen LogP contribution in [-0.2, 0) is 14.3 Å². The Morgan fingerprint density at radius 2 is 1.57 bits per heavy atom. The van der Waals surface area contributed by atoms with E-state index in [1.807, 2.05) is 0 Å². The highest BCUT2D eigenvalue weighted by atomic mass is 16.7. The van der Waals surface area contributed by atoms with Gasteiger partial charge in [-0.2, -0.15) is 0 Å². The van der Waals surface area contributed by atoms with Gasteiger partial charge in [0.2, 0.25) is 12.5 Å². The molecule has 9 heteroatoms. The third kappa shape index (κ3) is 5.50. The van der Waals surface area contributed by atoms with Crippen molar-refractivity contribution in [1.29, 1.82) is 0 Å². The Balaban J connectivity index is 2.31. The average molecular weight is 487 g/mol. The van der Waals surface area contributed by atoms with E-state index in [0.29, 0.717) is 52.4 Å². The van der Waals surface area contributed by atoms with Crippen molar-refractivity contribution in [2.45, 2.75) is 38.7 Å². The summed E-state index contributed by atoms with van der Waals surface area (Å²) in [6.07, 6.45) is 1.19. The first-order valence-corrected chi connectivity index (χ1v) is 11.0. The lowest BCUT2D eigenvalue weighted by Crippen LogP contribution is -2.33. The second-order valence-electron chi connectivity index (χ2n) is 8.93. The van der Waals surface area contributed by atoms with E-state index < -0.39 is 23.4 Å². The molecule has 0 unspecified atom stereocenters. The van der Waals surface area contributed by atoms with Gasteiger partial charge in [-0.25, -0.2) is 0 Å². The Morgan fingerprint density at radius 3 is 2.06 bits per heavy atom. The molecule has 188 valence electrons. The molecule has 1 heterocycles. The van der Waals surface area contributed by atoms with Gasteiger partial charge in [-0.05, 0) is 56.2 Å². The standard InChI is InChI=1S/C26H30O9/c1-26(2,3)35-25(29)17(7-8-27)23(15-9-21(30-4)24(32-6)22(10-15)31-5)18-12-20-19(33-14-34-20)11-16(18)13-28/h8-13,17,23H,7,14H2,1-6H3/t17-,23-/m0/s1. The maximum absolute atomic E-state index is 13.4. The molecule has 0 amide bonds. The molecule has 35 heavy (non-hydrogen) atoms. The maximum atomic E-state index is 13.4. The van der Waals surface area contributed by atoms with Crippen molar-refractivity contribution >= 4 is 18.5 Å². The number of carbonyl (C=O) groups excluding carboxylic acids is 3. The Morgan fingerprint density at radius 1 is 0.971 bits per heavy atom. The fourth-order valence-corrected chi connectivity index (χ4v) is 4.10. The van der Waals surface area contributed by atoms with E-state index in [4.69, 9.17) is 28.4 Å². The molecule has 2 aromatic rings. The summed E-state index contributed by atoms with van der Waals surface area (Å²) >= 11 is 0. The molecule has 0 bridgehead atoms. The zero-order valence-electron chi connectivity index (χ0n) is 20.7. The van der Waals surface area contributed by atoms with E-state index >= 15 is 0 Å². The molecule has 1 aliphatic heterocycles. The Bertz CT molecular complexity index is 1080. The van der Waals surface area contributed by atoms with E-state index in [1.54, 1.807) is 45.0 Å². The van der Waals surface area contributed by atoms with Crippen LogP contribution < -0.4 is 23.7 Å². The molecular formula is C26H30O9. The number of aldehydes is 2. The highest BCUT2D eigenvalue weighted by Crippen LogP contribution is 2.47. The summed E-state index contributed by atoms with van der Waals surface area (Å²) in [5, 5.41) is 0. The minimum atomic E-state index is -0.964. The number of fused-ring (bicyclic) bond motifs is 1. The van der Waals surface area contributed by atoms with Gasteiger partial charge in [0.15, 0.2) is 23.0 Å². The number of hydrogen-bond donors (Lipinski definition) is 0. The lowest BCUT2D eigenvalue weighted by atomic mass is 9.77. The number of ether oxygens (including phenoxy) is 6. The second kappa shape index (κ2) is 10.7. The fraction of sp³-hybridized carbons (Fsp3) is 0.423. The molecule has 0 aliphatic carbocycles. The molecule has 0 radical (unpaired) electrons. The zero-order valence-corrected chi connectivity index (χ0v) is 20.7. The highest BCUT2D eigenvalue weighted by Gasteiger charge is 2.37. The van der Waals surface area contributed by atoms with Crippen LogP contribution in [0.15, 0.2) is 24.3 Å². The Kier molecular flexibility index (Phi) is 7.89. The first kappa shape index (κ1) is 25.9. The summed E-state index contributed by atoms with van der Waals surface area (Å²) in [6, 6.07) is 6.59. The Hall–Kier alpha value is -3.75. The molecule has 1 aliphatic rings. The predicted octanol–water partition coefficient (Wildman–Crippen LogP) is 3.93. The predicted molar refractivity (Wildman–Crippen MR) is 126 cm³/mol. The van der Waals surface area contributed by atoms with Gasteiger partial charge in [0.25, 0.3) is 0 Å². The van der Waals surface area contributed by atoms with E-state index in [0.717, 1.165) is 0 Å². The van der Waals surface area contributed by atoms with Gasteiger partial charge in [-0.1, -0.05) is 0 Å². The van der Waals surface area contributed by atoms with E-state index in [1.165, 1.54) is 21.3 Å². The molecule has 3 rings (SSSR count). The van der Waals surface area contributed by atoms with Crippen LogP contribution in [0.1, 0.15) is 54.6 Å². The molecule has 0 saturated heterocycles. The lowest BCUT2D eigenvalue weighted by Gasteiger charge is -2.30. The summed E-state index contributed by atoms with van der Waals surface area (Å²) in [7, 11) is 4.43. The minimum absolute atomic E-state index is 0.00969. The van der Waals surface area contributed by atoms with Gasteiger partial charge < -0.3 is 33.2 Å². The SMILES string of the molecule is COc1cc([C@H](c2cc3c(cc2C=O)OCO3)[C@H](CC=O)C(=O)OC(C)(C)C)cc(OC)c1OC. The number of hydrogen-bond acceptors (Lipinski definition) is 9. The van der Waals surface area contributed by atoms with Gasteiger partial charge in [0.1, 0.15) is 18.2 Å². The van der Waals surface area contributed by atoms with Gasteiger partial charge in [-0.3, -0.25) is 9.59 Å². The summed E-state index contributed by atoms with van der Waals surface area (Å²) in [5.74, 6) is -0.419. The van der Waals surface area contributed by atoms with Crippen LogP contribution in [-0.4, -0.2) is 52.3 Å². The summed E-state index contributed by atoms with van der Waals surface area (Å²) in [6.45, 7) is 5.24. The number of esters is 1. The van der Waals surface area contributed by atoms with Gasteiger partial charge >= 0.3 is 5.97 Å². The molecule has 0 spiro atoms. The molecule has 0 saturated carbocycles. The average Bonchev–Trinajstić information content (AvgIpc) is 3.28. The van der Waals surface area contributed by atoms with Gasteiger partial charge in [0.05, 0.1) is 27.2 Å². The minimum Gasteiger partial charge on any atom is -0.493 e. The third-order valence-corrected chi connectivity index (χ3v) is 5.55. The quantitative estimate of drug-likeness (QED) is 0.365. The summed E-state index contributed by atoms with van der Waals surface area (Å²) in [5.41, 5.74) is 0.517. The van der Waals surface area contributed by atoms with Crippen molar-refractivity contribution in [3.05, 3.63) is 41.0 Å². The van der Waals surface area contributed by atoms with Crippen LogP contribution >= 0.6 is 0 Å². The Labute approximate surface area is 204 Å². The highest BCUT2D eigenvalue weighted by molar-refractivity contribution is 5.83. The van der Waals surface area contributed by atoms with Crippen LogP contribution in [0.4, 0.5) is 0 Å². The van der Waals surface area contributed by atoms with Crippen molar-refractivity contribution in [1.82, 2.24) is 0 Å². The molecular weight excluding hydrogens is 456 g/mol. The maximum Gasteiger partial charge on any atom is 0.310 e. The summed E-state index contributed by atoms with van der Waals surface area (Å²) < 4.78 is 33.1. The molecule has 9 nitrogen and oxygen atoms in total. The molecule has 2 atom stereocenters. The molecule has 0 N–H and O–H groups in total. The van der Waals surface area contributed by atoms with Crippen LogP contribution in [0.5, 0.6) is 28.7 Å². The first-order chi connectivity index (χ1) is 16.7. The topological polar surface area (TPSA) is 107 Å². The second-order valence-corrected chi connectivity index (χ2v) is 8.93. The zero-order chi connectivity index (χ0) is 25.8. The van der Waals surface area contributed by atoms with E-state index in [9.17, 15) is 14.4 Å². The van der Waals surface area contributed by atoms with Crippen molar-refractivity contribution < 1.29 is 42.8 Å². The molecule has 0 aromatic heterocycles. The number of rotatable bonds is 10. The normalized spacial score (nSPS) is 14.0. The van der Waals surface area contributed by atoms with Crippen LogP contribution in [0, 0.1) is 5.92 Å². The van der Waals surface area contributed by atoms with Gasteiger partial charge in [-0.15, -0.1) is 0 Å². The smallest absolute Gasteiger partial charge is 0.310 e.